The lowest BCUT2D eigenvalue weighted by atomic mass is 9.77. The van der Waals surface area contributed by atoms with Crippen molar-refractivity contribution in [3.8, 4) is 0 Å². The van der Waals surface area contributed by atoms with Crippen molar-refractivity contribution in [2.75, 3.05) is 13.2 Å². The molecule has 2 fully saturated rings. The van der Waals surface area contributed by atoms with Gasteiger partial charge in [-0.15, -0.1) is 0 Å². The van der Waals surface area contributed by atoms with Crippen LogP contribution in [0.4, 0.5) is 0 Å². The average molecular weight is 317 g/mol. The fourth-order valence-electron chi connectivity index (χ4n) is 3.87. The predicted molar refractivity (Wildman–Crippen MR) is 79.1 cm³/mol. The van der Waals surface area contributed by atoms with Crippen LogP contribution in [-0.4, -0.2) is 41.6 Å². The van der Waals surface area contributed by atoms with E-state index in [0.29, 0.717) is 19.7 Å². The first kappa shape index (κ1) is 14.5. The summed E-state index contributed by atoms with van der Waals surface area (Å²) in [6, 6.07) is 3.63. The fraction of sp³-hybridized carbons (Fsp3) is 0.529. The molecule has 2 bridgehead atoms. The Balaban J connectivity index is 1.57. The third kappa shape index (κ3) is 2.12. The van der Waals surface area contributed by atoms with Crippen molar-refractivity contribution >= 4 is 11.9 Å². The first-order chi connectivity index (χ1) is 11.1. The van der Waals surface area contributed by atoms with Crippen molar-refractivity contribution in [3.05, 3.63) is 36.3 Å². The predicted octanol–water partition coefficient (Wildman–Crippen LogP) is 1.51. The number of hydrogen-bond acceptors (Lipinski definition) is 5. The zero-order chi connectivity index (χ0) is 16.0. The maximum absolute atomic E-state index is 12.8. The maximum Gasteiger partial charge on any atom is 0.312 e. The van der Waals surface area contributed by atoms with Gasteiger partial charge in [0.15, 0.2) is 0 Å². The van der Waals surface area contributed by atoms with E-state index in [1.165, 1.54) is 0 Å². The minimum atomic E-state index is -0.690. The Morgan fingerprint density at radius 3 is 3.13 bits per heavy atom. The van der Waals surface area contributed by atoms with Gasteiger partial charge in [0.1, 0.15) is 17.3 Å². The molecular weight excluding hydrogens is 298 g/mol. The minimum Gasteiger partial charge on any atom is -0.467 e. The fourth-order valence-corrected chi connectivity index (χ4v) is 3.87. The number of amides is 1. The van der Waals surface area contributed by atoms with Gasteiger partial charge in [-0.3, -0.25) is 9.59 Å². The van der Waals surface area contributed by atoms with E-state index in [4.69, 9.17) is 13.9 Å². The molecule has 4 heterocycles. The molecule has 122 valence electrons. The minimum absolute atomic E-state index is 0.0632. The number of nitrogens with zero attached hydrogens (tertiary/aromatic N) is 1. The molecule has 0 radical (unpaired) electrons. The van der Waals surface area contributed by atoms with E-state index in [-0.39, 0.29) is 18.0 Å². The molecule has 0 aliphatic carbocycles. The van der Waals surface area contributed by atoms with E-state index in [2.05, 4.69) is 0 Å². The van der Waals surface area contributed by atoms with E-state index in [9.17, 15) is 9.59 Å². The summed E-state index contributed by atoms with van der Waals surface area (Å²) in [4.78, 5) is 26.9. The monoisotopic (exact) mass is 317 g/mol. The van der Waals surface area contributed by atoms with Crippen LogP contribution in [0.2, 0.25) is 0 Å². The number of ether oxygens (including phenoxy) is 2. The quantitative estimate of drug-likeness (QED) is 0.608. The van der Waals surface area contributed by atoms with Crippen LogP contribution < -0.4 is 0 Å². The molecule has 3 aliphatic heterocycles. The highest BCUT2D eigenvalue weighted by Gasteiger charge is 2.67. The summed E-state index contributed by atoms with van der Waals surface area (Å²) in [5, 5.41) is 0. The molecule has 6 nitrogen and oxygen atoms in total. The average Bonchev–Trinajstić information content (AvgIpc) is 3.28. The van der Waals surface area contributed by atoms with Gasteiger partial charge in [-0.2, -0.15) is 0 Å². The van der Waals surface area contributed by atoms with Crippen LogP contribution in [-0.2, 0) is 25.6 Å². The van der Waals surface area contributed by atoms with Crippen LogP contribution >= 0.6 is 0 Å². The smallest absolute Gasteiger partial charge is 0.312 e. The number of carbonyl (C=O) groups is 2. The Kier molecular flexibility index (Phi) is 3.30. The first-order valence-corrected chi connectivity index (χ1v) is 7.99. The van der Waals surface area contributed by atoms with Crippen molar-refractivity contribution < 1.29 is 23.5 Å². The van der Waals surface area contributed by atoms with Crippen LogP contribution in [0.15, 0.2) is 35.0 Å². The Bertz CT molecular complexity index is 652. The molecule has 1 aromatic rings. The van der Waals surface area contributed by atoms with Gasteiger partial charge in [0.05, 0.1) is 38.0 Å². The highest BCUT2D eigenvalue weighted by atomic mass is 16.6. The van der Waals surface area contributed by atoms with Gasteiger partial charge < -0.3 is 18.8 Å². The molecule has 6 heteroatoms. The molecule has 1 aromatic heterocycles. The summed E-state index contributed by atoms with van der Waals surface area (Å²) >= 11 is 0. The van der Waals surface area contributed by atoms with Gasteiger partial charge in [0, 0.05) is 0 Å². The van der Waals surface area contributed by atoms with Crippen molar-refractivity contribution in [2.24, 2.45) is 11.8 Å². The Morgan fingerprint density at radius 1 is 1.52 bits per heavy atom. The number of rotatable bonds is 5. The van der Waals surface area contributed by atoms with Crippen LogP contribution in [0, 0.1) is 11.8 Å². The molecule has 0 saturated carbocycles. The molecule has 0 aromatic carbocycles. The van der Waals surface area contributed by atoms with Crippen molar-refractivity contribution in [1.29, 1.82) is 0 Å². The lowest BCUT2D eigenvalue weighted by Crippen LogP contribution is -2.40. The van der Waals surface area contributed by atoms with E-state index in [1.54, 1.807) is 17.2 Å². The van der Waals surface area contributed by atoms with E-state index in [1.807, 2.05) is 25.1 Å². The number of carbonyl (C=O) groups excluding carboxylic acids is 2. The zero-order valence-corrected chi connectivity index (χ0v) is 12.9. The molecule has 2 saturated heterocycles. The summed E-state index contributed by atoms with van der Waals surface area (Å²) in [6.45, 7) is 3.15. The highest BCUT2D eigenvalue weighted by molar-refractivity contribution is 5.91. The SMILES string of the molecule is CCCOC(=O)[C@@H]1[C@@H]2C=C[C@@]3(CN(Cc4ccco4)C(=O)[C@@H]13)O2. The number of hydrogen-bond donors (Lipinski definition) is 0. The highest BCUT2D eigenvalue weighted by Crippen LogP contribution is 2.52. The Labute approximate surface area is 134 Å². The molecule has 23 heavy (non-hydrogen) atoms. The lowest BCUT2D eigenvalue weighted by Gasteiger charge is -2.22. The molecule has 1 spiro atoms. The van der Waals surface area contributed by atoms with E-state index >= 15 is 0 Å². The van der Waals surface area contributed by atoms with Crippen molar-refractivity contribution in [2.45, 2.75) is 31.6 Å². The van der Waals surface area contributed by atoms with Gasteiger partial charge in [0.2, 0.25) is 5.91 Å². The summed E-state index contributed by atoms with van der Waals surface area (Å²) in [5.74, 6) is -0.705. The molecular formula is C17H19NO5. The third-order valence-corrected chi connectivity index (χ3v) is 4.83. The second kappa shape index (κ2) is 5.23. The molecule has 0 N–H and O–H groups in total. The first-order valence-electron chi connectivity index (χ1n) is 7.99. The second-order valence-electron chi connectivity index (χ2n) is 6.34. The summed E-state index contributed by atoms with van der Waals surface area (Å²) in [5.41, 5.74) is -0.690. The third-order valence-electron chi connectivity index (χ3n) is 4.83. The summed E-state index contributed by atoms with van der Waals surface area (Å²) in [6.07, 6.45) is 5.82. The van der Waals surface area contributed by atoms with Crippen LogP contribution in [0.1, 0.15) is 19.1 Å². The largest absolute Gasteiger partial charge is 0.467 e. The van der Waals surface area contributed by atoms with Crippen LogP contribution in [0.3, 0.4) is 0 Å². The lowest BCUT2D eigenvalue weighted by molar-refractivity contribution is -0.153. The standard InChI is InChI=1S/C17H19NO5/c1-2-7-22-16(20)13-12-5-6-17(23-12)10-18(15(19)14(13)17)9-11-4-3-8-21-11/h3-6,8,12-14H,2,7,9-10H2,1H3/t12-,13+,14+,17-/m0/s1. The Hall–Kier alpha value is -2.08. The van der Waals surface area contributed by atoms with Crippen molar-refractivity contribution in [3.63, 3.8) is 0 Å². The molecule has 4 atom stereocenters. The zero-order valence-electron chi connectivity index (χ0n) is 12.9. The van der Waals surface area contributed by atoms with E-state index < -0.39 is 17.4 Å². The number of fused-ring (bicyclic) bond motifs is 1. The van der Waals surface area contributed by atoms with Crippen LogP contribution in [0.25, 0.3) is 0 Å². The number of esters is 1. The van der Waals surface area contributed by atoms with E-state index in [0.717, 1.165) is 12.2 Å². The molecule has 3 aliphatic rings. The topological polar surface area (TPSA) is 69.0 Å². The summed E-state index contributed by atoms with van der Waals surface area (Å²) in [7, 11) is 0. The van der Waals surface area contributed by atoms with Gasteiger partial charge >= 0.3 is 5.97 Å². The van der Waals surface area contributed by atoms with Crippen LogP contribution in [0.5, 0.6) is 0 Å². The second-order valence-corrected chi connectivity index (χ2v) is 6.34. The summed E-state index contributed by atoms with van der Waals surface area (Å²) < 4.78 is 16.6. The van der Waals surface area contributed by atoms with Gasteiger partial charge in [-0.05, 0) is 18.6 Å². The Morgan fingerprint density at radius 2 is 2.39 bits per heavy atom. The molecule has 4 rings (SSSR count). The van der Waals surface area contributed by atoms with Gasteiger partial charge in [0.25, 0.3) is 0 Å². The van der Waals surface area contributed by atoms with Gasteiger partial charge in [-0.1, -0.05) is 19.1 Å². The van der Waals surface area contributed by atoms with Crippen molar-refractivity contribution in [1.82, 2.24) is 4.90 Å². The molecule has 1 amide bonds. The number of likely N-dealkylation sites (tertiary alicyclic amines) is 1. The normalized spacial score (nSPS) is 34.2. The molecule has 0 unspecified atom stereocenters. The van der Waals surface area contributed by atoms with Gasteiger partial charge in [-0.25, -0.2) is 0 Å². The number of furan rings is 1. The maximum atomic E-state index is 12.8.